The third-order valence-corrected chi connectivity index (χ3v) is 3.76. The molecule has 0 fully saturated rings. The van der Waals surface area contributed by atoms with E-state index in [-0.39, 0.29) is 11.7 Å². The summed E-state index contributed by atoms with van der Waals surface area (Å²) in [4.78, 5) is 11.7. The lowest BCUT2D eigenvalue weighted by atomic mass is 10.2. The van der Waals surface area contributed by atoms with Crippen LogP contribution in [-0.4, -0.2) is 22.4 Å². The van der Waals surface area contributed by atoms with Gasteiger partial charge in [-0.1, -0.05) is 12.1 Å². The van der Waals surface area contributed by atoms with Gasteiger partial charge in [0.25, 0.3) is 0 Å². The highest BCUT2D eigenvalue weighted by atomic mass is 32.2. The molecule has 0 aliphatic carbocycles. The molecule has 0 aliphatic heterocycles. The number of halogens is 1. The van der Waals surface area contributed by atoms with Crippen LogP contribution in [0.5, 0.6) is 5.75 Å². The number of hydrogen-bond acceptors (Lipinski definition) is 4. The summed E-state index contributed by atoms with van der Waals surface area (Å²) >= 11 is 1.28. The van der Waals surface area contributed by atoms with Gasteiger partial charge in [0, 0.05) is 11.3 Å². The van der Waals surface area contributed by atoms with Crippen LogP contribution in [0.25, 0.3) is 0 Å². The van der Waals surface area contributed by atoms with Crippen molar-refractivity contribution in [2.24, 2.45) is 0 Å². The molecule has 0 saturated heterocycles. The van der Waals surface area contributed by atoms with Crippen LogP contribution in [0.3, 0.4) is 0 Å². The predicted octanol–water partition coefficient (Wildman–Crippen LogP) is 3.11. The second-order valence-electron chi connectivity index (χ2n) is 4.27. The van der Waals surface area contributed by atoms with Crippen LogP contribution in [0.2, 0.25) is 0 Å². The zero-order valence-electron chi connectivity index (χ0n) is 10.7. The summed E-state index contributed by atoms with van der Waals surface area (Å²) in [5, 5.41) is 9.25. The molecule has 1 rings (SSSR count). The summed E-state index contributed by atoms with van der Waals surface area (Å²) in [5.41, 5.74) is 0.373. The van der Waals surface area contributed by atoms with Gasteiger partial charge < -0.3 is 9.84 Å². The number of ether oxygens (including phenoxy) is 1. The standard InChI is InChI=1S/C13H17FO3S/c1-4-17-12(16)13(2,3)18-8-9-6-5-7-10(15)11(9)14/h5-7,15H,4,8H2,1-3H3. The van der Waals surface area contributed by atoms with E-state index in [9.17, 15) is 14.3 Å². The molecular formula is C13H17FO3S. The van der Waals surface area contributed by atoms with E-state index in [2.05, 4.69) is 0 Å². The quantitative estimate of drug-likeness (QED) is 0.837. The van der Waals surface area contributed by atoms with Crippen LogP contribution in [0.1, 0.15) is 26.3 Å². The highest BCUT2D eigenvalue weighted by Crippen LogP contribution is 2.31. The predicted molar refractivity (Wildman–Crippen MR) is 70.1 cm³/mol. The van der Waals surface area contributed by atoms with E-state index in [0.717, 1.165) is 0 Å². The first-order valence-corrected chi connectivity index (χ1v) is 6.64. The van der Waals surface area contributed by atoms with Crippen LogP contribution >= 0.6 is 11.8 Å². The van der Waals surface area contributed by atoms with Crippen LogP contribution < -0.4 is 0 Å². The highest BCUT2D eigenvalue weighted by molar-refractivity contribution is 8.00. The number of carbonyl (C=O) groups excluding carboxylic acids is 1. The van der Waals surface area contributed by atoms with Crippen molar-refractivity contribution in [1.29, 1.82) is 0 Å². The fourth-order valence-corrected chi connectivity index (χ4v) is 2.22. The minimum absolute atomic E-state index is 0.298. The molecule has 0 heterocycles. The maximum Gasteiger partial charge on any atom is 0.321 e. The van der Waals surface area contributed by atoms with Crippen molar-refractivity contribution in [1.82, 2.24) is 0 Å². The zero-order chi connectivity index (χ0) is 13.8. The average Bonchev–Trinajstić information content (AvgIpc) is 2.31. The van der Waals surface area contributed by atoms with E-state index < -0.39 is 10.6 Å². The van der Waals surface area contributed by atoms with Crippen molar-refractivity contribution < 1.29 is 19.0 Å². The van der Waals surface area contributed by atoms with Gasteiger partial charge in [0.1, 0.15) is 4.75 Å². The summed E-state index contributed by atoms with van der Waals surface area (Å²) in [6.07, 6.45) is 0. The molecule has 0 spiro atoms. The van der Waals surface area contributed by atoms with Gasteiger partial charge in [-0.25, -0.2) is 4.39 Å². The van der Waals surface area contributed by atoms with Gasteiger partial charge in [-0.3, -0.25) is 4.79 Å². The first-order valence-electron chi connectivity index (χ1n) is 5.66. The highest BCUT2D eigenvalue weighted by Gasteiger charge is 2.30. The van der Waals surface area contributed by atoms with Crippen molar-refractivity contribution >= 4 is 17.7 Å². The third kappa shape index (κ3) is 3.63. The maximum atomic E-state index is 13.5. The molecule has 0 aliphatic rings. The average molecular weight is 272 g/mol. The number of benzene rings is 1. The lowest BCUT2D eigenvalue weighted by Gasteiger charge is -2.21. The lowest BCUT2D eigenvalue weighted by Crippen LogP contribution is -2.30. The van der Waals surface area contributed by atoms with Gasteiger partial charge in [0.05, 0.1) is 6.61 Å². The first-order chi connectivity index (χ1) is 8.38. The van der Waals surface area contributed by atoms with Crippen molar-refractivity contribution in [3.05, 3.63) is 29.6 Å². The topological polar surface area (TPSA) is 46.5 Å². The Hall–Kier alpha value is -1.23. The summed E-state index contributed by atoms with van der Waals surface area (Å²) < 4.78 is 17.8. The van der Waals surface area contributed by atoms with E-state index in [1.165, 1.54) is 17.8 Å². The lowest BCUT2D eigenvalue weighted by molar-refractivity contribution is -0.145. The number of thioether (sulfide) groups is 1. The second kappa shape index (κ2) is 6.09. The Bertz CT molecular complexity index is 432. The van der Waals surface area contributed by atoms with E-state index in [0.29, 0.717) is 17.9 Å². The van der Waals surface area contributed by atoms with Gasteiger partial charge >= 0.3 is 5.97 Å². The number of rotatable bonds is 5. The van der Waals surface area contributed by atoms with Crippen molar-refractivity contribution in [3.63, 3.8) is 0 Å². The zero-order valence-corrected chi connectivity index (χ0v) is 11.5. The van der Waals surface area contributed by atoms with Crippen LogP contribution in [0.4, 0.5) is 4.39 Å². The Kier molecular flexibility index (Phi) is 5.02. The SMILES string of the molecule is CCOC(=O)C(C)(C)SCc1cccc(O)c1F. The van der Waals surface area contributed by atoms with Gasteiger partial charge in [-0.15, -0.1) is 11.8 Å². The minimum Gasteiger partial charge on any atom is -0.505 e. The fraction of sp³-hybridized carbons (Fsp3) is 0.462. The van der Waals surface area contributed by atoms with Crippen molar-refractivity contribution in [3.8, 4) is 5.75 Å². The molecule has 100 valence electrons. The molecular weight excluding hydrogens is 255 g/mol. The third-order valence-electron chi connectivity index (χ3n) is 2.41. The summed E-state index contributed by atoms with van der Waals surface area (Å²) in [5.74, 6) is -1.03. The van der Waals surface area contributed by atoms with Crippen molar-refractivity contribution in [2.75, 3.05) is 6.61 Å². The Labute approximate surface area is 110 Å². The molecule has 18 heavy (non-hydrogen) atoms. The number of phenolic OH excluding ortho intramolecular Hbond substituents is 1. The van der Waals surface area contributed by atoms with E-state index >= 15 is 0 Å². The Balaban J connectivity index is 2.70. The molecule has 1 N–H and O–H groups in total. The van der Waals surface area contributed by atoms with Gasteiger partial charge in [-0.2, -0.15) is 0 Å². The molecule has 0 amide bonds. The van der Waals surface area contributed by atoms with Crippen LogP contribution in [0.15, 0.2) is 18.2 Å². The van der Waals surface area contributed by atoms with Crippen molar-refractivity contribution in [2.45, 2.75) is 31.3 Å². The van der Waals surface area contributed by atoms with E-state index in [1.807, 2.05) is 0 Å². The van der Waals surface area contributed by atoms with Gasteiger partial charge in [-0.05, 0) is 26.8 Å². The molecule has 0 unspecified atom stereocenters. The molecule has 1 aromatic rings. The number of phenols is 1. The Morgan fingerprint density at radius 1 is 1.50 bits per heavy atom. The number of carbonyl (C=O) groups is 1. The van der Waals surface area contributed by atoms with Crippen LogP contribution in [-0.2, 0) is 15.3 Å². The number of hydrogen-bond donors (Lipinski definition) is 1. The maximum absolute atomic E-state index is 13.5. The molecule has 0 saturated carbocycles. The molecule has 0 bridgehead atoms. The Morgan fingerprint density at radius 2 is 2.17 bits per heavy atom. The summed E-state index contributed by atoms with van der Waals surface area (Å²) in [6.45, 7) is 5.53. The second-order valence-corrected chi connectivity index (χ2v) is 5.87. The molecule has 3 nitrogen and oxygen atoms in total. The number of esters is 1. The smallest absolute Gasteiger partial charge is 0.321 e. The molecule has 1 aromatic carbocycles. The molecule has 0 atom stereocenters. The van der Waals surface area contributed by atoms with Crippen LogP contribution in [0, 0.1) is 5.82 Å². The summed E-state index contributed by atoms with van der Waals surface area (Å²) in [6, 6.07) is 4.45. The van der Waals surface area contributed by atoms with E-state index in [1.54, 1.807) is 32.9 Å². The van der Waals surface area contributed by atoms with Gasteiger partial charge in [0.15, 0.2) is 11.6 Å². The van der Waals surface area contributed by atoms with Gasteiger partial charge in [0.2, 0.25) is 0 Å². The first kappa shape index (κ1) is 14.8. The monoisotopic (exact) mass is 272 g/mol. The summed E-state index contributed by atoms with van der Waals surface area (Å²) in [7, 11) is 0. The fourth-order valence-electron chi connectivity index (χ4n) is 1.30. The largest absolute Gasteiger partial charge is 0.505 e. The minimum atomic E-state index is -0.742. The number of aromatic hydroxyl groups is 1. The molecule has 0 aromatic heterocycles. The normalized spacial score (nSPS) is 11.3. The Morgan fingerprint density at radius 3 is 2.78 bits per heavy atom. The molecule has 0 radical (unpaired) electrons. The molecule has 5 heteroatoms. The van der Waals surface area contributed by atoms with E-state index in [4.69, 9.17) is 4.74 Å².